The zero-order chi connectivity index (χ0) is 22.4. The molecule has 1 aromatic heterocycles. The summed E-state index contributed by atoms with van der Waals surface area (Å²) in [5, 5.41) is 3.50. The molecule has 8 heteroatoms. The van der Waals surface area contributed by atoms with Crippen molar-refractivity contribution in [1.82, 2.24) is 15.2 Å². The first-order valence-electron chi connectivity index (χ1n) is 9.87. The van der Waals surface area contributed by atoms with Crippen molar-refractivity contribution in [3.8, 4) is 0 Å². The average Bonchev–Trinajstić information content (AvgIpc) is 3.12. The lowest BCUT2D eigenvalue weighted by atomic mass is 10.1. The summed E-state index contributed by atoms with van der Waals surface area (Å²) in [4.78, 5) is 31.7. The van der Waals surface area contributed by atoms with Crippen LogP contribution < -0.4 is 5.32 Å². The number of aromatic nitrogens is 1. The smallest absolute Gasteiger partial charge is 0.266 e. The largest absolute Gasteiger partial charge is 0.350 e. The zero-order valence-electron chi connectivity index (χ0n) is 17.3. The fourth-order valence-electron chi connectivity index (χ4n) is 3.01. The summed E-state index contributed by atoms with van der Waals surface area (Å²) in [5.74, 6) is -1.18. The van der Waals surface area contributed by atoms with Crippen LogP contribution in [0.5, 0.6) is 0 Å². The number of hydrogen-bond acceptors (Lipinski definition) is 4. The molecule has 0 radical (unpaired) electrons. The number of carbonyl (C=O) groups is 2. The van der Waals surface area contributed by atoms with E-state index in [1.807, 2.05) is 0 Å². The van der Waals surface area contributed by atoms with Gasteiger partial charge in [0.25, 0.3) is 5.91 Å². The number of halogens is 2. The first kappa shape index (κ1) is 22.6. The van der Waals surface area contributed by atoms with Gasteiger partial charge in [-0.15, -0.1) is 11.3 Å². The number of hydrogen-bond donors (Lipinski definition) is 1. The Balaban J connectivity index is 1.61. The minimum atomic E-state index is -0.337. The molecular weight excluding hydrogens is 420 g/mol. The Kier molecular flexibility index (Phi) is 7.46. The van der Waals surface area contributed by atoms with Crippen LogP contribution in [0, 0.1) is 18.6 Å². The first-order valence-corrected chi connectivity index (χ1v) is 10.7. The molecule has 0 saturated carbocycles. The number of rotatable bonds is 8. The molecule has 3 aromatic rings. The van der Waals surface area contributed by atoms with Gasteiger partial charge in [0.15, 0.2) is 0 Å². The Labute approximate surface area is 183 Å². The van der Waals surface area contributed by atoms with Crippen LogP contribution in [0.2, 0.25) is 0 Å². The van der Waals surface area contributed by atoms with Crippen LogP contribution in [0.15, 0.2) is 48.5 Å². The fourth-order valence-corrected chi connectivity index (χ4v) is 4.07. The number of thiazole rings is 1. The minimum absolute atomic E-state index is 0.0822. The van der Waals surface area contributed by atoms with Crippen molar-refractivity contribution in [3.05, 3.63) is 86.9 Å². The summed E-state index contributed by atoms with van der Waals surface area (Å²) < 4.78 is 26.1. The van der Waals surface area contributed by atoms with Crippen molar-refractivity contribution in [2.75, 3.05) is 13.1 Å². The topological polar surface area (TPSA) is 62.3 Å². The second kappa shape index (κ2) is 10.3. The van der Waals surface area contributed by atoms with Crippen LogP contribution in [0.1, 0.15) is 38.4 Å². The molecule has 0 aliphatic carbocycles. The van der Waals surface area contributed by atoms with Gasteiger partial charge in [-0.1, -0.05) is 24.3 Å². The molecule has 5 nitrogen and oxygen atoms in total. The van der Waals surface area contributed by atoms with Crippen LogP contribution in [0.25, 0.3) is 0 Å². The van der Waals surface area contributed by atoms with E-state index in [9.17, 15) is 18.4 Å². The maximum absolute atomic E-state index is 13.1. The lowest BCUT2D eigenvalue weighted by Gasteiger charge is -2.19. The molecule has 0 atom stereocenters. The molecule has 162 valence electrons. The highest BCUT2D eigenvalue weighted by Crippen LogP contribution is 2.22. The molecule has 2 amide bonds. The molecule has 1 N–H and O–H groups in total. The van der Waals surface area contributed by atoms with Crippen LogP contribution in [-0.2, 0) is 17.8 Å². The van der Waals surface area contributed by atoms with Gasteiger partial charge in [0.1, 0.15) is 16.5 Å². The van der Waals surface area contributed by atoms with E-state index >= 15 is 0 Å². The molecule has 0 aliphatic rings. The predicted molar refractivity (Wildman–Crippen MR) is 116 cm³/mol. The molecule has 0 unspecified atom stereocenters. The number of amides is 2. The molecular formula is C23H23F2N3O2S. The van der Waals surface area contributed by atoms with Crippen molar-refractivity contribution in [2.45, 2.75) is 26.8 Å². The number of benzene rings is 2. The summed E-state index contributed by atoms with van der Waals surface area (Å²) in [6.45, 7) is 4.11. The molecule has 3 rings (SSSR count). The summed E-state index contributed by atoms with van der Waals surface area (Å²) in [6, 6.07) is 12.0. The van der Waals surface area contributed by atoms with Crippen LogP contribution in [-0.4, -0.2) is 34.8 Å². The highest BCUT2D eigenvalue weighted by molar-refractivity contribution is 7.13. The van der Waals surface area contributed by atoms with Gasteiger partial charge in [0.05, 0.1) is 17.2 Å². The van der Waals surface area contributed by atoms with Crippen molar-refractivity contribution in [3.63, 3.8) is 0 Å². The number of nitrogens with zero attached hydrogens (tertiary/aromatic N) is 2. The summed E-state index contributed by atoms with van der Waals surface area (Å²) >= 11 is 1.29. The monoisotopic (exact) mass is 443 g/mol. The highest BCUT2D eigenvalue weighted by atomic mass is 32.1. The maximum atomic E-state index is 13.1. The van der Waals surface area contributed by atoms with E-state index < -0.39 is 0 Å². The Morgan fingerprint density at radius 2 is 1.58 bits per heavy atom. The Bertz CT molecular complexity index is 1050. The number of aryl methyl sites for hydroxylation is 1. The lowest BCUT2D eigenvalue weighted by molar-refractivity contribution is -0.121. The van der Waals surface area contributed by atoms with E-state index in [1.165, 1.54) is 40.5 Å². The van der Waals surface area contributed by atoms with Gasteiger partial charge in [0.2, 0.25) is 5.91 Å². The van der Waals surface area contributed by atoms with E-state index in [0.717, 1.165) is 16.1 Å². The predicted octanol–water partition coefficient (Wildman–Crippen LogP) is 4.10. The van der Waals surface area contributed by atoms with Gasteiger partial charge in [-0.2, -0.15) is 0 Å². The van der Waals surface area contributed by atoms with Crippen molar-refractivity contribution >= 4 is 23.2 Å². The standard InChI is InChI=1S/C23H23F2N3O2S/c1-3-28(14-20(29)26-13-17-6-10-19(25)11-7-17)23(30)22-15(2)27-21(31-22)12-16-4-8-18(24)9-5-16/h4-11H,3,12-14H2,1-2H3,(H,26,29). The molecule has 31 heavy (non-hydrogen) atoms. The molecule has 1 heterocycles. The van der Waals surface area contributed by atoms with Crippen LogP contribution >= 0.6 is 11.3 Å². The Morgan fingerprint density at radius 1 is 1.00 bits per heavy atom. The van der Waals surface area contributed by atoms with E-state index in [-0.39, 0.29) is 36.5 Å². The van der Waals surface area contributed by atoms with Crippen molar-refractivity contribution in [1.29, 1.82) is 0 Å². The molecule has 0 bridgehead atoms. The SMILES string of the molecule is CCN(CC(=O)NCc1ccc(F)cc1)C(=O)c1sc(Cc2ccc(F)cc2)nc1C. The van der Waals surface area contributed by atoms with E-state index in [2.05, 4.69) is 10.3 Å². The second-order valence-corrected chi connectivity index (χ2v) is 8.13. The van der Waals surface area contributed by atoms with E-state index in [1.54, 1.807) is 38.1 Å². The van der Waals surface area contributed by atoms with Crippen LogP contribution in [0.4, 0.5) is 8.78 Å². The first-order chi connectivity index (χ1) is 14.9. The minimum Gasteiger partial charge on any atom is -0.350 e. The highest BCUT2D eigenvalue weighted by Gasteiger charge is 2.22. The fraction of sp³-hybridized carbons (Fsp3) is 0.261. The Morgan fingerprint density at radius 3 is 2.16 bits per heavy atom. The third kappa shape index (κ3) is 6.18. The molecule has 0 fully saturated rings. The number of carbonyl (C=O) groups excluding carboxylic acids is 2. The number of likely N-dealkylation sites (N-methyl/N-ethyl adjacent to an activating group) is 1. The van der Waals surface area contributed by atoms with Gasteiger partial charge in [-0.25, -0.2) is 13.8 Å². The summed E-state index contributed by atoms with van der Waals surface area (Å²) in [5.41, 5.74) is 2.28. The zero-order valence-corrected chi connectivity index (χ0v) is 18.1. The Hall–Kier alpha value is -3.13. The van der Waals surface area contributed by atoms with Gasteiger partial charge in [0, 0.05) is 19.5 Å². The normalized spacial score (nSPS) is 10.7. The van der Waals surface area contributed by atoms with Gasteiger partial charge in [-0.05, 0) is 49.2 Å². The number of nitrogens with one attached hydrogen (secondary N) is 1. The van der Waals surface area contributed by atoms with Crippen molar-refractivity contribution in [2.24, 2.45) is 0 Å². The third-order valence-electron chi connectivity index (χ3n) is 4.71. The van der Waals surface area contributed by atoms with Crippen molar-refractivity contribution < 1.29 is 18.4 Å². The summed E-state index contributed by atoms with van der Waals surface area (Å²) in [6.07, 6.45) is 0.503. The third-order valence-corrected chi connectivity index (χ3v) is 5.86. The summed E-state index contributed by atoms with van der Waals surface area (Å²) in [7, 11) is 0. The molecule has 0 aliphatic heterocycles. The van der Waals surface area contributed by atoms with Gasteiger partial charge < -0.3 is 10.2 Å². The van der Waals surface area contributed by atoms with Gasteiger partial charge in [-0.3, -0.25) is 9.59 Å². The van der Waals surface area contributed by atoms with Gasteiger partial charge >= 0.3 is 0 Å². The lowest BCUT2D eigenvalue weighted by Crippen LogP contribution is -2.40. The average molecular weight is 444 g/mol. The quantitative estimate of drug-likeness (QED) is 0.570. The maximum Gasteiger partial charge on any atom is 0.266 e. The molecule has 2 aromatic carbocycles. The van der Waals surface area contributed by atoms with Crippen LogP contribution in [0.3, 0.4) is 0 Å². The van der Waals surface area contributed by atoms with E-state index in [0.29, 0.717) is 23.5 Å². The molecule has 0 saturated heterocycles. The second-order valence-electron chi connectivity index (χ2n) is 7.05. The molecule has 0 spiro atoms. The van der Waals surface area contributed by atoms with E-state index in [4.69, 9.17) is 0 Å².